The van der Waals surface area contributed by atoms with Crippen molar-refractivity contribution in [1.82, 2.24) is 0 Å². The van der Waals surface area contributed by atoms with E-state index in [1.807, 2.05) is 24.3 Å². The number of hydrogen-bond acceptors (Lipinski definition) is 4. The van der Waals surface area contributed by atoms with Crippen LogP contribution < -0.4 is 5.73 Å². The summed E-state index contributed by atoms with van der Waals surface area (Å²) >= 11 is 0. The summed E-state index contributed by atoms with van der Waals surface area (Å²) in [6.07, 6.45) is 0.399. The highest BCUT2D eigenvalue weighted by Gasteiger charge is 2.05. The zero-order valence-corrected chi connectivity index (χ0v) is 9.35. The van der Waals surface area contributed by atoms with Crippen molar-refractivity contribution in [2.75, 3.05) is 13.7 Å². The van der Waals surface area contributed by atoms with Crippen LogP contribution in [-0.2, 0) is 16.0 Å². The van der Waals surface area contributed by atoms with Crippen LogP contribution in [0.5, 0.6) is 0 Å². The highest BCUT2D eigenvalue weighted by Crippen LogP contribution is 2.13. The van der Waals surface area contributed by atoms with Crippen molar-refractivity contribution in [2.45, 2.75) is 18.9 Å². The van der Waals surface area contributed by atoms with Gasteiger partial charge in [-0.3, -0.25) is 4.79 Å². The summed E-state index contributed by atoms with van der Waals surface area (Å²) in [4.78, 5) is 10.9. The molecule has 1 aromatic rings. The molecule has 0 amide bonds. The van der Waals surface area contributed by atoms with Crippen LogP contribution in [0.1, 0.15) is 23.7 Å². The maximum atomic E-state index is 10.9. The largest absolute Gasteiger partial charge is 0.469 e. The van der Waals surface area contributed by atoms with Crippen LogP contribution in [0, 0.1) is 0 Å². The minimum Gasteiger partial charge on any atom is -0.469 e. The number of aryl methyl sites for hydroxylation is 1. The van der Waals surface area contributed by atoms with E-state index >= 15 is 0 Å². The number of ether oxygens (including phenoxy) is 1. The molecule has 1 aromatic carbocycles. The van der Waals surface area contributed by atoms with Crippen LogP contribution in [0.2, 0.25) is 0 Å². The van der Waals surface area contributed by atoms with Crippen LogP contribution in [-0.4, -0.2) is 24.7 Å². The third-order valence-corrected chi connectivity index (χ3v) is 2.43. The smallest absolute Gasteiger partial charge is 0.305 e. The van der Waals surface area contributed by atoms with E-state index in [2.05, 4.69) is 4.74 Å². The number of aliphatic hydroxyl groups is 1. The quantitative estimate of drug-likeness (QED) is 0.724. The standard InChI is InChI=1S/C12H17NO3/c1-16-12(15)7-4-9-2-5-10(6-3-9)11(14)8-13/h2-3,5-6,11,14H,4,7-8,13H2,1H3. The van der Waals surface area contributed by atoms with Gasteiger partial charge in [0.25, 0.3) is 0 Å². The molecule has 0 radical (unpaired) electrons. The average Bonchev–Trinajstić information content (AvgIpc) is 2.35. The monoisotopic (exact) mass is 223 g/mol. The molecule has 0 saturated carbocycles. The Bertz CT molecular complexity index is 335. The van der Waals surface area contributed by atoms with Gasteiger partial charge in [0.2, 0.25) is 0 Å². The molecule has 4 heteroatoms. The summed E-state index contributed by atoms with van der Waals surface area (Å²) in [6, 6.07) is 7.42. The molecule has 88 valence electrons. The molecule has 0 aliphatic heterocycles. The van der Waals surface area contributed by atoms with Crippen molar-refractivity contribution in [3.63, 3.8) is 0 Å². The van der Waals surface area contributed by atoms with Crippen LogP contribution in [0.25, 0.3) is 0 Å². The second-order valence-electron chi connectivity index (χ2n) is 3.57. The van der Waals surface area contributed by atoms with Gasteiger partial charge in [0.05, 0.1) is 13.2 Å². The molecule has 0 aliphatic carbocycles. The lowest BCUT2D eigenvalue weighted by Crippen LogP contribution is -2.11. The predicted octanol–water partition coefficient (Wildman–Crippen LogP) is 0.784. The lowest BCUT2D eigenvalue weighted by atomic mass is 10.0. The number of hydrogen-bond donors (Lipinski definition) is 2. The van der Waals surface area contributed by atoms with Crippen LogP contribution in [0.15, 0.2) is 24.3 Å². The molecule has 1 unspecified atom stereocenters. The lowest BCUT2D eigenvalue weighted by molar-refractivity contribution is -0.140. The molecular weight excluding hydrogens is 206 g/mol. The second-order valence-corrected chi connectivity index (χ2v) is 3.57. The van der Waals surface area contributed by atoms with Gasteiger partial charge < -0.3 is 15.6 Å². The number of rotatable bonds is 5. The van der Waals surface area contributed by atoms with Gasteiger partial charge in [-0.1, -0.05) is 24.3 Å². The normalized spacial score (nSPS) is 12.2. The van der Waals surface area contributed by atoms with Crippen LogP contribution in [0.3, 0.4) is 0 Å². The van der Waals surface area contributed by atoms with E-state index in [9.17, 15) is 9.90 Å². The summed E-state index contributed by atoms with van der Waals surface area (Å²) in [5.41, 5.74) is 7.18. The SMILES string of the molecule is COC(=O)CCc1ccc(C(O)CN)cc1. The number of carbonyl (C=O) groups excluding carboxylic acids is 1. The fraction of sp³-hybridized carbons (Fsp3) is 0.417. The van der Waals surface area contributed by atoms with Crippen molar-refractivity contribution >= 4 is 5.97 Å². The third kappa shape index (κ3) is 3.64. The van der Waals surface area contributed by atoms with Gasteiger partial charge in [0.1, 0.15) is 0 Å². The van der Waals surface area contributed by atoms with Crippen molar-refractivity contribution in [2.24, 2.45) is 5.73 Å². The molecular formula is C12H17NO3. The van der Waals surface area contributed by atoms with Crippen molar-refractivity contribution in [1.29, 1.82) is 0 Å². The molecule has 0 spiro atoms. The summed E-state index contributed by atoms with van der Waals surface area (Å²) in [5.74, 6) is -0.217. The number of benzene rings is 1. The number of carbonyl (C=O) groups is 1. The Balaban J connectivity index is 2.54. The highest BCUT2D eigenvalue weighted by molar-refractivity contribution is 5.69. The Morgan fingerprint density at radius 1 is 1.44 bits per heavy atom. The van der Waals surface area contributed by atoms with E-state index in [-0.39, 0.29) is 12.5 Å². The van der Waals surface area contributed by atoms with Gasteiger partial charge in [-0.15, -0.1) is 0 Å². The maximum absolute atomic E-state index is 10.9. The van der Waals surface area contributed by atoms with Crippen LogP contribution >= 0.6 is 0 Å². The Hall–Kier alpha value is -1.39. The average molecular weight is 223 g/mol. The molecule has 0 aliphatic rings. The van der Waals surface area contributed by atoms with Gasteiger partial charge in [-0.25, -0.2) is 0 Å². The number of aliphatic hydroxyl groups excluding tert-OH is 1. The van der Waals surface area contributed by atoms with E-state index in [1.54, 1.807) is 0 Å². The lowest BCUT2D eigenvalue weighted by Gasteiger charge is -2.08. The first-order valence-corrected chi connectivity index (χ1v) is 5.21. The van der Waals surface area contributed by atoms with E-state index in [0.717, 1.165) is 11.1 Å². The zero-order chi connectivity index (χ0) is 12.0. The van der Waals surface area contributed by atoms with Gasteiger partial charge in [0, 0.05) is 13.0 Å². The predicted molar refractivity (Wildman–Crippen MR) is 60.8 cm³/mol. The first kappa shape index (κ1) is 12.7. The fourth-order valence-corrected chi connectivity index (χ4v) is 1.39. The number of methoxy groups -OCH3 is 1. The van der Waals surface area contributed by atoms with Gasteiger partial charge in [0.15, 0.2) is 0 Å². The first-order valence-electron chi connectivity index (χ1n) is 5.21. The molecule has 4 nitrogen and oxygen atoms in total. The molecule has 0 heterocycles. The number of esters is 1. The topological polar surface area (TPSA) is 72.5 Å². The van der Waals surface area contributed by atoms with E-state index in [4.69, 9.17) is 5.73 Å². The van der Waals surface area contributed by atoms with Crippen molar-refractivity contribution in [3.05, 3.63) is 35.4 Å². The summed E-state index contributed by atoms with van der Waals surface area (Å²) in [6.45, 7) is 0.210. The summed E-state index contributed by atoms with van der Waals surface area (Å²) in [5, 5.41) is 9.48. The third-order valence-electron chi connectivity index (χ3n) is 2.43. The first-order chi connectivity index (χ1) is 7.67. The Labute approximate surface area is 95.0 Å². The minimum atomic E-state index is -0.616. The van der Waals surface area contributed by atoms with Crippen LogP contribution in [0.4, 0.5) is 0 Å². The summed E-state index contributed by atoms with van der Waals surface area (Å²) < 4.78 is 4.56. The molecule has 0 fully saturated rings. The van der Waals surface area contributed by atoms with Crippen molar-refractivity contribution in [3.8, 4) is 0 Å². The minimum absolute atomic E-state index is 0.210. The molecule has 1 atom stereocenters. The highest BCUT2D eigenvalue weighted by atomic mass is 16.5. The molecule has 0 bridgehead atoms. The second kappa shape index (κ2) is 6.25. The van der Waals surface area contributed by atoms with Gasteiger partial charge in [-0.05, 0) is 17.5 Å². The molecule has 16 heavy (non-hydrogen) atoms. The van der Waals surface area contributed by atoms with Gasteiger partial charge in [-0.2, -0.15) is 0 Å². The zero-order valence-electron chi connectivity index (χ0n) is 9.35. The Morgan fingerprint density at radius 3 is 2.56 bits per heavy atom. The molecule has 1 rings (SSSR count). The number of nitrogens with two attached hydrogens (primary N) is 1. The molecule has 0 aromatic heterocycles. The van der Waals surface area contributed by atoms with Crippen molar-refractivity contribution < 1.29 is 14.6 Å². The molecule has 0 saturated heterocycles. The van der Waals surface area contributed by atoms with E-state index in [1.165, 1.54) is 7.11 Å². The summed E-state index contributed by atoms with van der Waals surface area (Å²) in [7, 11) is 1.38. The van der Waals surface area contributed by atoms with E-state index < -0.39 is 6.10 Å². The Kier molecular flexibility index (Phi) is 4.95. The van der Waals surface area contributed by atoms with E-state index in [0.29, 0.717) is 12.8 Å². The van der Waals surface area contributed by atoms with Gasteiger partial charge >= 0.3 is 5.97 Å². The molecule has 3 N–H and O–H groups in total. The Morgan fingerprint density at radius 2 is 2.06 bits per heavy atom. The fourth-order valence-electron chi connectivity index (χ4n) is 1.39. The maximum Gasteiger partial charge on any atom is 0.305 e.